The average molecular weight is 730 g/mol. The number of thioether (sulfide) groups is 1. The number of aromatic amines is 1. The van der Waals surface area contributed by atoms with Gasteiger partial charge in [0.25, 0.3) is 11.7 Å². The predicted octanol–water partition coefficient (Wildman–Crippen LogP) is 4.84. The van der Waals surface area contributed by atoms with E-state index in [-0.39, 0.29) is 17.4 Å². The van der Waals surface area contributed by atoms with E-state index in [1.165, 1.54) is 18.0 Å². The van der Waals surface area contributed by atoms with Crippen molar-refractivity contribution in [2.24, 2.45) is 5.10 Å². The minimum Gasteiger partial charge on any atom is -0.871 e. The minimum absolute atomic E-state index is 0.0855. The number of aryl methyl sites for hydroxylation is 1. The molecule has 2 N–H and O–H groups in total. The number of hydrogen-bond acceptors (Lipinski definition) is 5. The van der Waals surface area contributed by atoms with Crippen molar-refractivity contribution >= 4 is 80.7 Å². The highest BCUT2D eigenvalue weighted by Gasteiger charge is 2.24. The first-order valence-electron chi connectivity index (χ1n) is 10.3. The molecule has 0 saturated carbocycles. The number of amides is 1. The third-order valence-corrected chi connectivity index (χ3v) is 7.46. The van der Waals surface area contributed by atoms with Gasteiger partial charge >= 0.3 is 5.16 Å². The maximum Gasteiger partial charge on any atom is 0.342 e. The first-order valence-corrected chi connectivity index (χ1v) is 13.8. The molecule has 0 aliphatic carbocycles. The molecule has 11 heteroatoms. The van der Waals surface area contributed by atoms with E-state index in [4.69, 9.17) is 11.6 Å². The summed E-state index contributed by atoms with van der Waals surface area (Å²) in [5, 5.41) is 24.9. The van der Waals surface area contributed by atoms with Crippen LogP contribution < -0.4 is 15.1 Å². The maximum absolute atomic E-state index is 12.4. The molecule has 35 heavy (non-hydrogen) atoms. The number of nitrogens with zero attached hydrogens (tertiary/aromatic N) is 3. The summed E-state index contributed by atoms with van der Waals surface area (Å²) >= 11 is 11.5. The van der Waals surface area contributed by atoms with Crippen molar-refractivity contribution in [1.82, 2.24) is 15.6 Å². The molecule has 0 aliphatic rings. The average Bonchev–Trinajstić information content (AvgIpc) is 3.25. The summed E-state index contributed by atoms with van der Waals surface area (Å²) in [6.07, 6.45) is 1.37. The molecule has 0 unspecified atom stereocenters. The highest BCUT2D eigenvalue weighted by Crippen LogP contribution is 2.24. The minimum atomic E-state index is -0.314. The molecular formula is C24H18ClI2N5O2S. The Morgan fingerprint density at radius 3 is 2.63 bits per heavy atom. The van der Waals surface area contributed by atoms with Crippen molar-refractivity contribution in [3.05, 3.63) is 84.0 Å². The van der Waals surface area contributed by atoms with Gasteiger partial charge in [-0.05, 0) is 118 Å². The zero-order valence-electron chi connectivity index (χ0n) is 18.3. The van der Waals surface area contributed by atoms with Crippen LogP contribution in [0.3, 0.4) is 0 Å². The van der Waals surface area contributed by atoms with Gasteiger partial charge in [-0.25, -0.2) is 5.43 Å². The van der Waals surface area contributed by atoms with Gasteiger partial charge in [-0.3, -0.25) is 4.79 Å². The van der Waals surface area contributed by atoms with Gasteiger partial charge in [-0.1, -0.05) is 35.0 Å². The molecule has 0 aliphatic heterocycles. The Balaban J connectivity index is 1.51. The molecule has 7 nitrogen and oxygen atoms in total. The number of rotatable bonds is 7. The second kappa shape index (κ2) is 11.7. The number of hydrogen-bond donors (Lipinski definition) is 2. The van der Waals surface area contributed by atoms with E-state index in [0.29, 0.717) is 19.3 Å². The lowest BCUT2D eigenvalue weighted by molar-refractivity contribution is -0.625. The first kappa shape index (κ1) is 25.9. The zero-order chi connectivity index (χ0) is 24.9. The summed E-state index contributed by atoms with van der Waals surface area (Å²) < 4.78 is 3.49. The highest BCUT2D eigenvalue weighted by molar-refractivity contribution is 14.1. The zero-order valence-corrected chi connectivity index (χ0v) is 24.1. The molecule has 0 fully saturated rings. The predicted molar refractivity (Wildman–Crippen MR) is 153 cm³/mol. The number of carbonyl (C=O) groups is 1. The molecule has 0 radical (unpaired) electrons. The first-order chi connectivity index (χ1) is 16.8. The molecule has 0 atom stereocenters. The molecule has 4 aromatic rings. The number of aromatic nitrogens is 3. The summed E-state index contributed by atoms with van der Waals surface area (Å²) in [5.74, 6) is 0.416. The molecule has 178 valence electrons. The van der Waals surface area contributed by atoms with Gasteiger partial charge in [0.05, 0.1) is 22.6 Å². The van der Waals surface area contributed by atoms with E-state index in [2.05, 4.69) is 43.3 Å². The monoisotopic (exact) mass is 729 g/mol. The molecule has 3 aromatic carbocycles. The number of nitrogens with one attached hydrogen (secondary N) is 2. The Labute approximate surface area is 238 Å². The number of carbonyl (C=O) groups excluding carboxylic acids is 1. The van der Waals surface area contributed by atoms with Crippen molar-refractivity contribution in [3.8, 4) is 22.8 Å². The fraction of sp³-hybridized carbons (Fsp3) is 0.0833. The van der Waals surface area contributed by atoms with Crippen LogP contribution in [0.25, 0.3) is 17.1 Å². The van der Waals surface area contributed by atoms with Crippen LogP contribution in [-0.2, 0) is 4.79 Å². The van der Waals surface area contributed by atoms with Crippen LogP contribution in [0.1, 0.15) is 11.1 Å². The Morgan fingerprint density at radius 1 is 1.20 bits per heavy atom. The number of halogens is 3. The molecule has 1 aromatic heterocycles. The summed E-state index contributed by atoms with van der Waals surface area (Å²) in [4.78, 5) is 12.4. The van der Waals surface area contributed by atoms with E-state index in [0.717, 1.165) is 26.2 Å². The van der Waals surface area contributed by atoms with Gasteiger partial charge in [-0.2, -0.15) is 9.67 Å². The normalized spacial score (nSPS) is 11.2. The van der Waals surface area contributed by atoms with Gasteiger partial charge in [0.2, 0.25) is 0 Å². The van der Waals surface area contributed by atoms with Crippen molar-refractivity contribution in [3.63, 3.8) is 0 Å². The van der Waals surface area contributed by atoms with Crippen LogP contribution in [0.5, 0.6) is 5.75 Å². The van der Waals surface area contributed by atoms with Gasteiger partial charge in [-0.15, -0.1) is 5.10 Å². The van der Waals surface area contributed by atoms with Crippen molar-refractivity contribution in [1.29, 1.82) is 0 Å². The standard InChI is InChI=1S/C24H18ClI2N5O2S/c1-14-2-8-19(9-3-14)32-23(15-4-6-17(25)7-5-15)30-31-24(32)35-13-21(33)29-28-12-16-10-18(26)11-20(27)22(16)34/h2-12H,13H2,1H3,(H2,28,29,33,34). The molecule has 0 saturated heterocycles. The van der Waals surface area contributed by atoms with Crippen LogP contribution in [0, 0.1) is 14.1 Å². The Hall–Kier alpha value is -2.16. The van der Waals surface area contributed by atoms with E-state index in [9.17, 15) is 9.90 Å². The van der Waals surface area contributed by atoms with E-state index >= 15 is 0 Å². The largest absolute Gasteiger partial charge is 0.871 e. The smallest absolute Gasteiger partial charge is 0.342 e. The Bertz CT molecular complexity index is 1390. The molecule has 1 heterocycles. The second-order valence-electron chi connectivity index (χ2n) is 7.42. The van der Waals surface area contributed by atoms with E-state index in [1.54, 1.807) is 12.1 Å². The maximum atomic E-state index is 12.4. The summed E-state index contributed by atoms with van der Waals surface area (Å²) in [5.41, 5.74) is 5.86. The summed E-state index contributed by atoms with van der Waals surface area (Å²) in [6.45, 7) is 2.03. The fourth-order valence-corrected chi connectivity index (χ4v) is 5.92. The Morgan fingerprint density at radius 2 is 1.91 bits per heavy atom. The topological polar surface area (TPSA) is 97.1 Å². The lowest BCUT2D eigenvalue weighted by Crippen LogP contribution is -2.34. The lowest BCUT2D eigenvalue weighted by Gasteiger charge is -2.13. The quantitative estimate of drug-likeness (QED) is 0.0937. The highest BCUT2D eigenvalue weighted by atomic mass is 127. The molecule has 1 amide bonds. The van der Waals surface area contributed by atoms with Gasteiger partial charge < -0.3 is 5.11 Å². The molecule has 4 rings (SSSR count). The van der Waals surface area contributed by atoms with Crippen molar-refractivity contribution < 1.29 is 14.5 Å². The number of hydrazone groups is 1. The van der Waals surface area contributed by atoms with Crippen LogP contribution >= 0.6 is 68.5 Å². The number of benzene rings is 3. The van der Waals surface area contributed by atoms with Gasteiger partial charge in [0.15, 0.2) is 0 Å². The molecular weight excluding hydrogens is 712 g/mol. The summed E-state index contributed by atoms with van der Waals surface area (Å²) in [6, 6.07) is 19.0. The summed E-state index contributed by atoms with van der Waals surface area (Å²) in [7, 11) is 0. The third kappa shape index (κ3) is 6.54. The van der Waals surface area contributed by atoms with E-state index < -0.39 is 0 Å². The fourth-order valence-electron chi connectivity index (χ4n) is 3.14. The molecule has 0 bridgehead atoms. The van der Waals surface area contributed by atoms with Crippen LogP contribution in [0.4, 0.5) is 0 Å². The SMILES string of the molecule is Cc1ccc(-[n+]2c(SCC(=O)NN=Cc3cc(I)cc(I)c3[O-])n[nH]c2-c2ccc(Cl)cc2)cc1. The van der Waals surface area contributed by atoms with Crippen LogP contribution in [-0.4, -0.2) is 28.1 Å². The Kier molecular flexibility index (Phi) is 8.68. The second-order valence-corrected chi connectivity index (χ2v) is 11.2. The van der Waals surface area contributed by atoms with Gasteiger partial charge in [0.1, 0.15) is 5.69 Å². The van der Waals surface area contributed by atoms with Gasteiger partial charge in [0, 0.05) is 12.2 Å². The van der Waals surface area contributed by atoms with Crippen LogP contribution in [0.2, 0.25) is 5.02 Å². The van der Waals surface area contributed by atoms with E-state index in [1.807, 2.05) is 82.6 Å². The number of H-pyrrole nitrogens is 1. The third-order valence-electron chi connectivity index (χ3n) is 4.84. The molecule has 0 spiro atoms. The lowest BCUT2D eigenvalue weighted by atomic mass is 10.2. The van der Waals surface area contributed by atoms with Crippen LogP contribution in [0.15, 0.2) is 70.9 Å². The van der Waals surface area contributed by atoms with Crippen molar-refractivity contribution in [2.45, 2.75) is 12.1 Å². The van der Waals surface area contributed by atoms with Crippen molar-refractivity contribution in [2.75, 3.05) is 5.75 Å².